The molecule has 0 saturated heterocycles. The summed E-state index contributed by atoms with van der Waals surface area (Å²) < 4.78 is 0. The summed E-state index contributed by atoms with van der Waals surface area (Å²) in [6.45, 7) is 11.4. The Kier molecular flexibility index (Phi) is 13.7. The van der Waals surface area contributed by atoms with Crippen molar-refractivity contribution in [3.05, 3.63) is 149 Å². The van der Waals surface area contributed by atoms with Gasteiger partial charge in [-0.3, -0.25) is 0 Å². The molecular weight excluding hydrogens is 685 g/mol. The molecule has 0 aromatic heterocycles. The summed E-state index contributed by atoms with van der Waals surface area (Å²) in [5.41, 5.74) is 7.79. The number of unbranched alkanes of at least 4 members (excludes halogenated alkanes) is 3. The highest BCUT2D eigenvalue weighted by Gasteiger charge is 2.39. The molecule has 5 aromatic rings. The fraction of sp³-hybridized carbons (Fsp3) is 0.434. The molecule has 3 heteroatoms. The van der Waals surface area contributed by atoms with E-state index >= 15 is 0 Å². The van der Waals surface area contributed by atoms with E-state index in [0.29, 0.717) is 5.75 Å². The van der Waals surface area contributed by atoms with Gasteiger partial charge in [0, 0.05) is 0 Å². The molecule has 0 radical (unpaired) electrons. The number of aromatic hydroxyl groups is 3. The highest BCUT2D eigenvalue weighted by atomic mass is 16.3. The van der Waals surface area contributed by atoms with Crippen LogP contribution in [-0.4, -0.2) is 15.3 Å². The standard InChI is InChI=1S/C53H66O3/c1-6-38(3)16-10-8-11-17-41-35-42(41)18-14-15-33-52(5,7-2)37-44-36-43(34-39(4)51(44)56)40-21-23-46(24-22-40)53(45-19-12-9-13-20-45,47-25-29-49(54)30-26-47)48-27-31-50(55)32-28-48/h9,12-13,19-32,34,36,38,41-42,54-56H,6-8,10-11,14-18,33,35,37H2,1-5H3. The maximum atomic E-state index is 11.4. The zero-order valence-corrected chi connectivity index (χ0v) is 34.7. The van der Waals surface area contributed by atoms with Crippen LogP contribution in [0.4, 0.5) is 0 Å². The summed E-state index contributed by atoms with van der Waals surface area (Å²) in [5, 5.41) is 31.9. The number of hydrogen-bond acceptors (Lipinski definition) is 3. The molecule has 5 aromatic carbocycles. The number of benzene rings is 5. The van der Waals surface area contributed by atoms with Crippen molar-refractivity contribution in [2.75, 3.05) is 0 Å². The van der Waals surface area contributed by atoms with Gasteiger partial charge in [-0.05, 0) is 130 Å². The Morgan fingerprint density at radius 1 is 0.625 bits per heavy atom. The van der Waals surface area contributed by atoms with Crippen molar-refractivity contribution in [2.45, 2.75) is 124 Å². The molecule has 0 amide bonds. The largest absolute Gasteiger partial charge is 0.508 e. The number of rotatable bonds is 20. The first-order valence-electron chi connectivity index (χ1n) is 21.6. The van der Waals surface area contributed by atoms with Gasteiger partial charge in [-0.25, -0.2) is 0 Å². The molecule has 0 bridgehead atoms. The third-order valence-corrected chi connectivity index (χ3v) is 13.5. The van der Waals surface area contributed by atoms with E-state index < -0.39 is 5.41 Å². The van der Waals surface area contributed by atoms with Gasteiger partial charge in [0.25, 0.3) is 0 Å². The number of hydrogen-bond donors (Lipinski definition) is 3. The Bertz CT molecular complexity index is 1920. The van der Waals surface area contributed by atoms with Gasteiger partial charge in [0.1, 0.15) is 17.2 Å². The summed E-state index contributed by atoms with van der Waals surface area (Å²) in [5.74, 6) is 3.70. The second kappa shape index (κ2) is 18.6. The van der Waals surface area contributed by atoms with Gasteiger partial charge >= 0.3 is 0 Å². The van der Waals surface area contributed by atoms with Crippen LogP contribution >= 0.6 is 0 Å². The maximum absolute atomic E-state index is 11.4. The van der Waals surface area contributed by atoms with Crippen molar-refractivity contribution in [1.82, 2.24) is 0 Å². The molecule has 3 N–H and O–H groups in total. The monoisotopic (exact) mass is 751 g/mol. The van der Waals surface area contributed by atoms with E-state index in [-0.39, 0.29) is 16.9 Å². The topological polar surface area (TPSA) is 60.7 Å². The second-order valence-corrected chi connectivity index (χ2v) is 17.6. The number of phenolic OH excluding ortho intramolecular Hbond substituents is 3. The molecular formula is C53H66O3. The molecule has 1 fully saturated rings. The summed E-state index contributed by atoms with van der Waals surface area (Å²) in [6.07, 6.45) is 17.0. The van der Waals surface area contributed by atoms with Gasteiger partial charge in [0.2, 0.25) is 0 Å². The Labute approximate surface area is 337 Å². The lowest BCUT2D eigenvalue weighted by molar-refractivity contribution is 0.266. The van der Waals surface area contributed by atoms with Crippen molar-refractivity contribution in [3.63, 3.8) is 0 Å². The van der Waals surface area contributed by atoms with Gasteiger partial charge in [-0.1, -0.05) is 171 Å². The van der Waals surface area contributed by atoms with Crippen LogP contribution in [0.25, 0.3) is 11.1 Å². The molecule has 0 aliphatic heterocycles. The molecule has 1 aliphatic carbocycles. The van der Waals surface area contributed by atoms with Crippen LogP contribution in [0, 0.1) is 30.1 Å². The predicted octanol–water partition coefficient (Wildman–Crippen LogP) is 14.3. The van der Waals surface area contributed by atoms with E-state index in [2.05, 4.69) is 88.4 Å². The van der Waals surface area contributed by atoms with Crippen molar-refractivity contribution in [2.24, 2.45) is 23.2 Å². The van der Waals surface area contributed by atoms with Crippen molar-refractivity contribution in [1.29, 1.82) is 0 Å². The lowest BCUT2D eigenvalue weighted by Gasteiger charge is -2.37. The van der Waals surface area contributed by atoms with E-state index in [9.17, 15) is 15.3 Å². The molecule has 1 aliphatic rings. The quantitative estimate of drug-likeness (QED) is 0.0548. The molecule has 296 valence electrons. The van der Waals surface area contributed by atoms with E-state index in [1.807, 2.05) is 37.3 Å². The van der Waals surface area contributed by atoms with Crippen LogP contribution in [0.15, 0.2) is 115 Å². The minimum absolute atomic E-state index is 0.133. The molecule has 3 nitrogen and oxygen atoms in total. The fourth-order valence-electron chi connectivity index (χ4n) is 9.28. The highest BCUT2D eigenvalue weighted by molar-refractivity contribution is 5.69. The van der Waals surface area contributed by atoms with E-state index in [4.69, 9.17) is 0 Å². The summed E-state index contributed by atoms with van der Waals surface area (Å²) in [7, 11) is 0. The van der Waals surface area contributed by atoms with E-state index in [1.54, 1.807) is 24.3 Å². The lowest BCUT2D eigenvalue weighted by atomic mass is 9.65. The van der Waals surface area contributed by atoms with Crippen LogP contribution in [0.5, 0.6) is 17.2 Å². The number of phenols is 3. The van der Waals surface area contributed by atoms with Crippen molar-refractivity contribution in [3.8, 4) is 28.4 Å². The molecule has 4 atom stereocenters. The predicted molar refractivity (Wildman–Crippen MR) is 235 cm³/mol. The van der Waals surface area contributed by atoms with Gasteiger partial charge < -0.3 is 15.3 Å². The molecule has 4 unspecified atom stereocenters. The second-order valence-electron chi connectivity index (χ2n) is 17.6. The molecule has 0 heterocycles. The zero-order valence-electron chi connectivity index (χ0n) is 34.7. The van der Waals surface area contributed by atoms with Gasteiger partial charge in [-0.15, -0.1) is 0 Å². The lowest BCUT2D eigenvalue weighted by Crippen LogP contribution is -2.30. The Morgan fingerprint density at radius 2 is 1.16 bits per heavy atom. The van der Waals surface area contributed by atoms with Gasteiger partial charge in [-0.2, -0.15) is 0 Å². The SMILES string of the molecule is CCC(C)CCCCCC1CC1CCCCC(C)(CC)Cc1cc(-c2ccc(C(c3ccccc3)(c3ccc(O)cc3)c3ccc(O)cc3)cc2)cc(C)c1O. The summed E-state index contributed by atoms with van der Waals surface area (Å²) in [6, 6.07) is 38.5. The van der Waals surface area contributed by atoms with Crippen molar-refractivity contribution < 1.29 is 15.3 Å². The Hall–Kier alpha value is -4.50. The summed E-state index contributed by atoms with van der Waals surface area (Å²) in [4.78, 5) is 0. The van der Waals surface area contributed by atoms with Crippen LogP contribution in [0.3, 0.4) is 0 Å². The zero-order chi connectivity index (χ0) is 39.7. The fourth-order valence-corrected chi connectivity index (χ4v) is 9.28. The van der Waals surface area contributed by atoms with E-state index in [0.717, 1.165) is 75.1 Å². The molecule has 1 saturated carbocycles. The first-order valence-corrected chi connectivity index (χ1v) is 21.6. The average molecular weight is 751 g/mol. The van der Waals surface area contributed by atoms with Crippen LogP contribution in [-0.2, 0) is 11.8 Å². The van der Waals surface area contributed by atoms with Crippen LogP contribution < -0.4 is 0 Å². The van der Waals surface area contributed by atoms with Gasteiger partial charge in [0.05, 0.1) is 5.41 Å². The summed E-state index contributed by atoms with van der Waals surface area (Å²) >= 11 is 0. The molecule has 56 heavy (non-hydrogen) atoms. The first-order chi connectivity index (χ1) is 27.1. The minimum Gasteiger partial charge on any atom is -0.508 e. The molecule has 6 rings (SSSR count). The third kappa shape index (κ3) is 9.71. The van der Waals surface area contributed by atoms with Crippen molar-refractivity contribution >= 4 is 0 Å². The van der Waals surface area contributed by atoms with Gasteiger partial charge in [0.15, 0.2) is 0 Å². The third-order valence-electron chi connectivity index (χ3n) is 13.5. The highest BCUT2D eigenvalue weighted by Crippen LogP contribution is 2.48. The minimum atomic E-state index is -0.701. The van der Waals surface area contributed by atoms with Crippen LogP contribution in [0.1, 0.15) is 138 Å². The maximum Gasteiger partial charge on any atom is 0.121 e. The van der Waals surface area contributed by atoms with E-state index in [1.165, 1.54) is 70.6 Å². The smallest absolute Gasteiger partial charge is 0.121 e. The molecule has 0 spiro atoms. The Morgan fingerprint density at radius 3 is 1.71 bits per heavy atom. The first kappa shape index (κ1) is 41.1. The Balaban J connectivity index is 1.17. The van der Waals surface area contributed by atoms with Crippen LogP contribution in [0.2, 0.25) is 0 Å². The average Bonchev–Trinajstić information content (AvgIpc) is 3.98. The normalized spacial score (nSPS) is 17.0. The number of aryl methyl sites for hydroxylation is 1.